The number of aliphatic hydroxyl groups excluding tert-OH is 1. The average Bonchev–Trinajstić information content (AvgIpc) is 2.43. The predicted octanol–water partition coefficient (Wildman–Crippen LogP) is 3.23. The molecule has 0 spiro atoms. The van der Waals surface area contributed by atoms with Crippen LogP contribution < -0.4 is 10.1 Å². The molecular formula is C16H20ClNO2. The lowest BCUT2D eigenvalue weighted by Gasteiger charge is -2.16. The number of hydrogen-bond acceptors (Lipinski definition) is 3. The molecule has 1 unspecified atom stereocenters. The predicted molar refractivity (Wildman–Crippen MR) is 83.6 cm³/mol. The van der Waals surface area contributed by atoms with Gasteiger partial charge < -0.3 is 15.2 Å². The molecule has 1 atom stereocenters. The fraction of sp³-hybridized carbons (Fsp3) is 0.375. The van der Waals surface area contributed by atoms with Crippen molar-refractivity contribution in [2.45, 2.75) is 26.0 Å². The number of nitrogens with one attached hydrogen (secondary N) is 1. The van der Waals surface area contributed by atoms with Gasteiger partial charge in [0.25, 0.3) is 0 Å². The monoisotopic (exact) mass is 293 g/mol. The highest BCUT2D eigenvalue weighted by Gasteiger charge is 2.09. The van der Waals surface area contributed by atoms with Gasteiger partial charge in [0.15, 0.2) is 0 Å². The Hall–Kier alpha value is -1.29. The number of rotatable bonds is 6. The molecule has 20 heavy (non-hydrogen) atoms. The Morgan fingerprint density at radius 2 is 1.90 bits per heavy atom. The number of fused-ring (bicyclic) bond motifs is 1. The number of hydrogen-bond donors (Lipinski definition) is 2. The minimum absolute atomic E-state index is 0.240. The molecule has 0 saturated heterocycles. The van der Waals surface area contributed by atoms with Crippen LogP contribution in [0.1, 0.15) is 13.8 Å². The Balaban J connectivity index is 2.06. The zero-order chi connectivity index (χ0) is 14.5. The lowest BCUT2D eigenvalue weighted by atomic mass is 10.1. The molecular weight excluding hydrogens is 274 g/mol. The molecule has 0 aliphatic heterocycles. The van der Waals surface area contributed by atoms with Gasteiger partial charge in [-0.3, -0.25) is 0 Å². The second kappa shape index (κ2) is 6.93. The highest BCUT2D eigenvalue weighted by atomic mass is 35.5. The number of aliphatic hydroxyl groups is 1. The maximum atomic E-state index is 9.88. The average molecular weight is 294 g/mol. The van der Waals surface area contributed by atoms with Crippen molar-refractivity contribution in [2.75, 3.05) is 13.2 Å². The van der Waals surface area contributed by atoms with Crippen LogP contribution in [0, 0.1) is 0 Å². The highest BCUT2D eigenvalue weighted by molar-refractivity contribution is 6.36. The molecule has 2 aromatic carbocycles. The van der Waals surface area contributed by atoms with Crippen LogP contribution in [0.3, 0.4) is 0 Å². The Morgan fingerprint density at radius 3 is 2.60 bits per heavy atom. The van der Waals surface area contributed by atoms with Crippen molar-refractivity contribution in [1.29, 1.82) is 0 Å². The van der Waals surface area contributed by atoms with Crippen molar-refractivity contribution in [3.8, 4) is 5.75 Å². The van der Waals surface area contributed by atoms with Crippen molar-refractivity contribution in [2.24, 2.45) is 0 Å². The maximum Gasteiger partial charge on any atom is 0.128 e. The Bertz CT molecular complexity index is 566. The summed E-state index contributed by atoms with van der Waals surface area (Å²) in [5.41, 5.74) is 0. The van der Waals surface area contributed by atoms with Crippen molar-refractivity contribution < 1.29 is 9.84 Å². The molecule has 2 N–H and O–H groups in total. The van der Waals surface area contributed by atoms with E-state index in [1.165, 1.54) is 0 Å². The van der Waals surface area contributed by atoms with Gasteiger partial charge in [0.05, 0.1) is 5.02 Å². The van der Waals surface area contributed by atoms with E-state index in [-0.39, 0.29) is 6.61 Å². The first-order valence-electron chi connectivity index (χ1n) is 6.79. The Morgan fingerprint density at radius 1 is 1.20 bits per heavy atom. The van der Waals surface area contributed by atoms with Gasteiger partial charge >= 0.3 is 0 Å². The van der Waals surface area contributed by atoms with Crippen LogP contribution in [0.25, 0.3) is 10.8 Å². The minimum Gasteiger partial charge on any atom is -0.490 e. The molecule has 0 saturated carbocycles. The van der Waals surface area contributed by atoms with Gasteiger partial charge in [-0.15, -0.1) is 0 Å². The normalized spacial score (nSPS) is 12.8. The van der Waals surface area contributed by atoms with Gasteiger partial charge in [0, 0.05) is 18.0 Å². The van der Waals surface area contributed by atoms with E-state index in [1.54, 1.807) is 0 Å². The van der Waals surface area contributed by atoms with Crippen LogP contribution in [0.2, 0.25) is 5.02 Å². The van der Waals surface area contributed by atoms with E-state index in [0.29, 0.717) is 23.4 Å². The summed E-state index contributed by atoms with van der Waals surface area (Å²) in [5, 5.41) is 15.6. The van der Waals surface area contributed by atoms with Gasteiger partial charge in [-0.05, 0) is 17.5 Å². The zero-order valence-electron chi connectivity index (χ0n) is 11.8. The van der Waals surface area contributed by atoms with Crippen LogP contribution in [0.5, 0.6) is 5.75 Å². The van der Waals surface area contributed by atoms with Gasteiger partial charge in [-0.25, -0.2) is 0 Å². The molecule has 2 aromatic rings. The SMILES string of the molecule is CC(C)NCC(O)COc1cccc2cccc(Cl)c12. The van der Waals surface area contributed by atoms with E-state index in [9.17, 15) is 5.11 Å². The van der Waals surface area contributed by atoms with Gasteiger partial charge in [-0.2, -0.15) is 0 Å². The molecule has 0 radical (unpaired) electrons. The summed E-state index contributed by atoms with van der Waals surface area (Å²) in [7, 11) is 0. The summed E-state index contributed by atoms with van der Waals surface area (Å²) in [6.45, 7) is 4.83. The highest BCUT2D eigenvalue weighted by Crippen LogP contribution is 2.31. The molecule has 3 nitrogen and oxygen atoms in total. The molecule has 2 rings (SSSR count). The molecule has 0 amide bonds. The number of halogens is 1. The third-order valence-corrected chi connectivity index (χ3v) is 3.32. The first kappa shape index (κ1) is 15.1. The molecule has 0 aliphatic carbocycles. The number of ether oxygens (including phenoxy) is 1. The summed E-state index contributed by atoms with van der Waals surface area (Å²) < 4.78 is 5.72. The third kappa shape index (κ3) is 3.85. The standard InChI is InChI=1S/C16H20ClNO2/c1-11(2)18-9-13(19)10-20-15-8-4-6-12-5-3-7-14(17)16(12)15/h3-8,11,13,18-19H,9-10H2,1-2H3. The summed E-state index contributed by atoms with van der Waals surface area (Å²) in [6.07, 6.45) is -0.546. The molecule has 0 fully saturated rings. The second-order valence-corrected chi connectivity index (χ2v) is 5.53. The first-order chi connectivity index (χ1) is 9.58. The smallest absolute Gasteiger partial charge is 0.128 e. The van der Waals surface area contributed by atoms with E-state index in [0.717, 1.165) is 10.8 Å². The minimum atomic E-state index is -0.546. The van der Waals surface area contributed by atoms with E-state index in [2.05, 4.69) is 5.32 Å². The molecule has 0 bridgehead atoms. The lowest BCUT2D eigenvalue weighted by molar-refractivity contribution is 0.105. The van der Waals surface area contributed by atoms with Gasteiger partial charge in [-0.1, -0.05) is 49.7 Å². The van der Waals surface area contributed by atoms with E-state index < -0.39 is 6.10 Å². The summed E-state index contributed by atoms with van der Waals surface area (Å²) in [5.74, 6) is 0.705. The summed E-state index contributed by atoms with van der Waals surface area (Å²) in [4.78, 5) is 0. The second-order valence-electron chi connectivity index (χ2n) is 5.12. The quantitative estimate of drug-likeness (QED) is 0.859. The van der Waals surface area contributed by atoms with Crippen LogP contribution in [-0.4, -0.2) is 30.4 Å². The largest absolute Gasteiger partial charge is 0.490 e. The summed E-state index contributed by atoms with van der Waals surface area (Å²) >= 11 is 6.23. The van der Waals surface area contributed by atoms with E-state index >= 15 is 0 Å². The fourth-order valence-corrected chi connectivity index (χ4v) is 2.27. The first-order valence-corrected chi connectivity index (χ1v) is 7.17. The maximum absolute atomic E-state index is 9.88. The summed E-state index contributed by atoms with van der Waals surface area (Å²) in [6, 6.07) is 11.9. The van der Waals surface area contributed by atoms with Crippen molar-refractivity contribution in [3.05, 3.63) is 41.4 Å². The van der Waals surface area contributed by atoms with Crippen LogP contribution in [-0.2, 0) is 0 Å². The molecule has 0 aromatic heterocycles. The van der Waals surface area contributed by atoms with Crippen molar-refractivity contribution >= 4 is 22.4 Å². The van der Waals surface area contributed by atoms with Crippen molar-refractivity contribution in [3.63, 3.8) is 0 Å². The zero-order valence-corrected chi connectivity index (χ0v) is 12.5. The lowest BCUT2D eigenvalue weighted by Crippen LogP contribution is -2.35. The van der Waals surface area contributed by atoms with Gasteiger partial charge in [0.2, 0.25) is 0 Å². The van der Waals surface area contributed by atoms with Crippen molar-refractivity contribution in [1.82, 2.24) is 5.32 Å². The Kier molecular flexibility index (Phi) is 5.24. The Labute approximate surface area is 124 Å². The topological polar surface area (TPSA) is 41.5 Å². The van der Waals surface area contributed by atoms with Gasteiger partial charge in [0.1, 0.15) is 18.5 Å². The van der Waals surface area contributed by atoms with Crippen LogP contribution >= 0.6 is 11.6 Å². The molecule has 108 valence electrons. The third-order valence-electron chi connectivity index (χ3n) is 3.01. The van der Waals surface area contributed by atoms with E-state index in [4.69, 9.17) is 16.3 Å². The van der Waals surface area contributed by atoms with Crippen LogP contribution in [0.15, 0.2) is 36.4 Å². The molecule has 0 heterocycles. The molecule has 4 heteroatoms. The van der Waals surface area contributed by atoms with E-state index in [1.807, 2.05) is 50.2 Å². The van der Waals surface area contributed by atoms with Crippen LogP contribution in [0.4, 0.5) is 0 Å². The molecule has 0 aliphatic rings. The number of benzene rings is 2. The fourth-order valence-electron chi connectivity index (χ4n) is 2.00.